The van der Waals surface area contributed by atoms with Crippen molar-refractivity contribution in [1.29, 1.82) is 0 Å². The maximum atomic E-state index is 8.46. The van der Waals surface area contributed by atoms with E-state index in [2.05, 4.69) is 5.32 Å². The standard InChI is InChI=1S/C9H21NO2.C2H6.H2/c1-12-9-5-3-2-4-6-10-7-8-11;1-2;/h10-11H,2-9H2,1H3;1-2H3;1H. The highest BCUT2D eigenvalue weighted by molar-refractivity contribution is 4.47. The van der Waals surface area contributed by atoms with E-state index in [4.69, 9.17) is 9.84 Å². The normalized spacial score (nSPS) is 9.43. The van der Waals surface area contributed by atoms with E-state index in [1.54, 1.807) is 7.11 Å². The molecule has 0 unspecified atom stereocenters. The van der Waals surface area contributed by atoms with Crippen molar-refractivity contribution in [3.05, 3.63) is 0 Å². The third-order valence-electron chi connectivity index (χ3n) is 1.74. The van der Waals surface area contributed by atoms with Gasteiger partial charge in [-0.3, -0.25) is 0 Å². The number of ether oxygens (including phenoxy) is 1. The number of aliphatic hydroxyl groups is 1. The summed E-state index contributed by atoms with van der Waals surface area (Å²) in [5.41, 5.74) is 0. The fourth-order valence-electron chi connectivity index (χ4n) is 1.05. The van der Waals surface area contributed by atoms with Crippen molar-refractivity contribution in [3.63, 3.8) is 0 Å². The van der Waals surface area contributed by atoms with Gasteiger partial charge in [0.05, 0.1) is 6.61 Å². The van der Waals surface area contributed by atoms with Crippen molar-refractivity contribution in [2.45, 2.75) is 39.5 Å². The molecule has 0 radical (unpaired) electrons. The first-order chi connectivity index (χ1) is 6.91. The van der Waals surface area contributed by atoms with Crippen molar-refractivity contribution in [2.24, 2.45) is 0 Å². The minimum absolute atomic E-state index is 0. The summed E-state index contributed by atoms with van der Waals surface area (Å²) in [6, 6.07) is 0. The first kappa shape index (κ1) is 16.3. The van der Waals surface area contributed by atoms with Crippen molar-refractivity contribution < 1.29 is 11.3 Å². The lowest BCUT2D eigenvalue weighted by Crippen LogP contribution is -2.19. The van der Waals surface area contributed by atoms with Crippen LogP contribution in [0.3, 0.4) is 0 Å². The first-order valence-corrected chi connectivity index (χ1v) is 5.72. The van der Waals surface area contributed by atoms with Crippen LogP contribution < -0.4 is 5.32 Å². The Morgan fingerprint density at radius 2 is 1.71 bits per heavy atom. The van der Waals surface area contributed by atoms with Gasteiger partial charge in [0.25, 0.3) is 0 Å². The van der Waals surface area contributed by atoms with Crippen molar-refractivity contribution in [2.75, 3.05) is 33.4 Å². The predicted octanol–water partition coefficient (Wildman–Crippen LogP) is 2.05. The smallest absolute Gasteiger partial charge is 0.0555 e. The van der Waals surface area contributed by atoms with Gasteiger partial charge in [0.2, 0.25) is 0 Å². The van der Waals surface area contributed by atoms with E-state index in [1.807, 2.05) is 13.8 Å². The second-order valence-corrected chi connectivity index (χ2v) is 2.88. The SMILES string of the molecule is CC.COCCCCCCNCCO.[HH]. The van der Waals surface area contributed by atoms with Gasteiger partial charge in [-0.2, -0.15) is 0 Å². The van der Waals surface area contributed by atoms with Gasteiger partial charge in [0.1, 0.15) is 0 Å². The van der Waals surface area contributed by atoms with E-state index in [0.717, 1.165) is 26.1 Å². The molecule has 0 spiro atoms. The molecule has 0 heterocycles. The lowest BCUT2D eigenvalue weighted by Gasteiger charge is -2.02. The summed E-state index contributed by atoms with van der Waals surface area (Å²) in [6.07, 6.45) is 4.86. The number of hydrogen-bond donors (Lipinski definition) is 2. The number of aliphatic hydroxyl groups excluding tert-OH is 1. The lowest BCUT2D eigenvalue weighted by molar-refractivity contribution is 0.192. The van der Waals surface area contributed by atoms with Gasteiger partial charge < -0.3 is 15.2 Å². The number of unbranched alkanes of at least 4 members (excludes halogenated alkanes) is 3. The largest absolute Gasteiger partial charge is 0.395 e. The fourth-order valence-corrected chi connectivity index (χ4v) is 1.05. The van der Waals surface area contributed by atoms with E-state index >= 15 is 0 Å². The molecule has 2 N–H and O–H groups in total. The number of rotatable bonds is 9. The molecule has 0 aliphatic carbocycles. The highest BCUT2D eigenvalue weighted by Gasteiger charge is 1.89. The molecule has 0 bridgehead atoms. The van der Waals surface area contributed by atoms with Crippen LogP contribution in [0.15, 0.2) is 0 Å². The van der Waals surface area contributed by atoms with E-state index in [9.17, 15) is 0 Å². The average Bonchev–Trinajstić information content (AvgIpc) is 2.25. The summed E-state index contributed by atoms with van der Waals surface area (Å²) >= 11 is 0. The third kappa shape index (κ3) is 17.8. The van der Waals surface area contributed by atoms with Gasteiger partial charge in [-0.25, -0.2) is 0 Å². The molecule has 0 saturated heterocycles. The molecule has 0 atom stereocenters. The molecular weight excluding hydrogens is 178 g/mol. The monoisotopic (exact) mass is 207 g/mol. The summed E-state index contributed by atoms with van der Waals surface area (Å²) in [6.45, 7) is 6.86. The lowest BCUT2D eigenvalue weighted by atomic mass is 10.2. The number of hydrogen-bond acceptors (Lipinski definition) is 3. The maximum absolute atomic E-state index is 8.46. The Kier molecular flexibility index (Phi) is 21.7. The number of methoxy groups -OCH3 is 1. The van der Waals surface area contributed by atoms with Crippen LogP contribution in [0.2, 0.25) is 0 Å². The Hall–Kier alpha value is -0.120. The van der Waals surface area contributed by atoms with Crippen LogP contribution in [0.4, 0.5) is 0 Å². The molecule has 0 aromatic heterocycles. The highest BCUT2D eigenvalue weighted by Crippen LogP contribution is 1.98. The zero-order valence-electron chi connectivity index (χ0n) is 10.0. The van der Waals surface area contributed by atoms with Crippen molar-refractivity contribution in [3.8, 4) is 0 Å². The Bertz CT molecular complexity index is 75.0. The molecule has 14 heavy (non-hydrogen) atoms. The highest BCUT2D eigenvalue weighted by atomic mass is 16.5. The second kappa shape index (κ2) is 18.6. The minimum atomic E-state index is 0. The summed E-state index contributed by atoms with van der Waals surface area (Å²) in [5.74, 6) is 0. The summed E-state index contributed by atoms with van der Waals surface area (Å²) in [4.78, 5) is 0. The quantitative estimate of drug-likeness (QED) is 0.569. The summed E-state index contributed by atoms with van der Waals surface area (Å²) in [5, 5.41) is 11.6. The molecule has 0 amide bonds. The van der Waals surface area contributed by atoms with Crippen LogP contribution in [-0.2, 0) is 4.74 Å². The Morgan fingerprint density at radius 1 is 1.07 bits per heavy atom. The molecule has 0 aromatic carbocycles. The second-order valence-electron chi connectivity index (χ2n) is 2.88. The van der Waals surface area contributed by atoms with Crippen molar-refractivity contribution >= 4 is 0 Å². The fraction of sp³-hybridized carbons (Fsp3) is 1.00. The molecule has 0 fully saturated rings. The minimum Gasteiger partial charge on any atom is -0.395 e. The van der Waals surface area contributed by atoms with Gasteiger partial charge in [0, 0.05) is 21.7 Å². The van der Waals surface area contributed by atoms with Crippen LogP contribution in [0, 0.1) is 0 Å². The van der Waals surface area contributed by atoms with Gasteiger partial charge in [-0.15, -0.1) is 0 Å². The maximum Gasteiger partial charge on any atom is 0.0555 e. The van der Waals surface area contributed by atoms with E-state index in [-0.39, 0.29) is 8.03 Å². The predicted molar refractivity (Wildman–Crippen MR) is 63.8 cm³/mol. The Morgan fingerprint density at radius 3 is 2.29 bits per heavy atom. The van der Waals surface area contributed by atoms with Crippen molar-refractivity contribution in [1.82, 2.24) is 5.32 Å². The van der Waals surface area contributed by atoms with Gasteiger partial charge >= 0.3 is 0 Å². The van der Waals surface area contributed by atoms with Gasteiger partial charge in [0.15, 0.2) is 0 Å². The molecule has 0 aromatic rings. The number of nitrogens with one attached hydrogen (secondary N) is 1. The zero-order chi connectivity index (χ0) is 11.1. The molecule has 3 heteroatoms. The molecule has 0 aliphatic rings. The van der Waals surface area contributed by atoms with Crippen LogP contribution in [0.25, 0.3) is 0 Å². The van der Waals surface area contributed by atoms with E-state index in [1.165, 1.54) is 19.3 Å². The van der Waals surface area contributed by atoms with Crippen LogP contribution in [0.5, 0.6) is 0 Å². The zero-order valence-corrected chi connectivity index (χ0v) is 10.0. The van der Waals surface area contributed by atoms with E-state index in [0.29, 0.717) is 0 Å². The van der Waals surface area contributed by atoms with Gasteiger partial charge in [-0.1, -0.05) is 26.7 Å². The molecule has 3 nitrogen and oxygen atoms in total. The molecule has 0 saturated carbocycles. The Labute approximate surface area is 90.3 Å². The summed E-state index contributed by atoms with van der Waals surface area (Å²) in [7, 11) is 1.74. The third-order valence-corrected chi connectivity index (χ3v) is 1.74. The van der Waals surface area contributed by atoms with E-state index < -0.39 is 0 Å². The van der Waals surface area contributed by atoms with Gasteiger partial charge in [-0.05, 0) is 19.4 Å². The molecule has 90 valence electrons. The van der Waals surface area contributed by atoms with Crippen LogP contribution in [-0.4, -0.2) is 38.5 Å². The summed E-state index contributed by atoms with van der Waals surface area (Å²) < 4.78 is 4.94. The average molecular weight is 207 g/mol. The molecule has 0 aliphatic heterocycles. The molecule has 0 rings (SSSR count). The Balaban J connectivity index is -0.000000449. The van der Waals surface area contributed by atoms with Crippen LogP contribution >= 0.6 is 0 Å². The van der Waals surface area contributed by atoms with Crippen LogP contribution in [0.1, 0.15) is 41.0 Å². The molecular formula is C11H29NO2. The first-order valence-electron chi connectivity index (χ1n) is 5.72. The topological polar surface area (TPSA) is 41.5 Å².